The van der Waals surface area contributed by atoms with E-state index in [2.05, 4.69) is 27.7 Å². The maximum atomic E-state index is 12.8. The largest absolute Gasteiger partial charge is 0.472 e. The SMILES string of the molecule is CCCCCCCCCCCCC(=O)OC[C@H](COP(=O)(O)OC[C@@H](O)COP(=O)(O)OC[C@@H](COC(=O)CCCCCCC)OC(=O)CCCCCCC)OC(=O)CCCCCCCCCCCC. The second kappa shape index (κ2) is 46.8. The highest BCUT2D eigenvalue weighted by atomic mass is 31.2. The van der Waals surface area contributed by atoms with Crippen molar-refractivity contribution in [1.82, 2.24) is 0 Å². The van der Waals surface area contributed by atoms with Gasteiger partial charge in [0.1, 0.15) is 19.3 Å². The number of phosphoric acid groups is 2. The van der Waals surface area contributed by atoms with Gasteiger partial charge in [-0.25, -0.2) is 9.13 Å². The maximum absolute atomic E-state index is 12.8. The summed E-state index contributed by atoms with van der Waals surface area (Å²) in [6.07, 6.45) is 27.3. The summed E-state index contributed by atoms with van der Waals surface area (Å²) in [6, 6.07) is 0. The van der Waals surface area contributed by atoms with Crippen LogP contribution in [0.3, 0.4) is 0 Å². The minimum Gasteiger partial charge on any atom is -0.462 e. The first kappa shape index (κ1) is 68.1. The van der Waals surface area contributed by atoms with Gasteiger partial charge in [0.15, 0.2) is 12.2 Å². The number of aliphatic hydroxyl groups is 1. The lowest BCUT2D eigenvalue weighted by Crippen LogP contribution is -2.30. The summed E-state index contributed by atoms with van der Waals surface area (Å²) in [5.41, 5.74) is 0. The number of carbonyl (C=O) groups is 4. The Morgan fingerprint density at radius 1 is 0.343 bits per heavy atom. The molecule has 414 valence electrons. The van der Waals surface area contributed by atoms with Crippen molar-refractivity contribution in [3.63, 3.8) is 0 Å². The van der Waals surface area contributed by atoms with Crippen molar-refractivity contribution in [2.24, 2.45) is 0 Å². The van der Waals surface area contributed by atoms with E-state index in [0.29, 0.717) is 25.7 Å². The van der Waals surface area contributed by atoms with Crippen LogP contribution in [0, 0.1) is 0 Å². The van der Waals surface area contributed by atoms with Crippen molar-refractivity contribution in [2.75, 3.05) is 39.6 Å². The molecule has 3 N–H and O–H groups in total. The van der Waals surface area contributed by atoms with E-state index < -0.39 is 97.5 Å². The van der Waals surface area contributed by atoms with E-state index in [1.165, 1.54) is 70.6 Å². The number of hydrogen-bond acceptors (Lipinski definition) is 15. The minimum absolute atomic E-state index is 0.0989. The second-order valence-corrected chi connectivity index (χ2v) is 21.5. The first-order chi connectivity index (χ1) is 33.7. The van der Waals surface area contributed by atoms with Gasteiger partial charge >= 0.3 is 39.5 Å². The van der Waals surface area contributed by atoms with Crippen LogP contribution < -0.4 is 0 Å². The number of aliphatic hydroxyl groups excluding tert-OH is 1. The van der Waals surface area contributed by atoms with Crippen molar-refractivity contribution >= 4 is 39.5 Å². The van der Waals surface area contributed by atoms with Crippen LogP contribution in [0.2, 0.25) is 0 Å². The summed E-state index contributed by atoms with van der Waals surface area (Å²) in [7, 11) is -9.84. The molecule has 0 fully saturated rings. The van der Waals surface area contributed by atoms with Crippen molar-refractivity contribution < 1.29 is 80.2 Å². The first-order valence-electron chi connectivity index (χ1n) is 27.3. The zero-order valence-electron chi connectivity index (χ0n) is 44.0. The van der Waals surface area contributed by atoms with E-state index in [0.717, 1.165) is 96.3 Å². The topological polar surface area (TPSA) is 237 Å². The van der Waals surface area contributed by atoms with Gasteiger partial charge < -0.3 is 33.8 Å². The number of ether oxygens (including phenoxy) is 4. The van der Waals surface area contributed by atoms with Gasteiger partial charge in [0.2, 0.25) is 0 Å². The van der Waals surface area contributed by atoms with Gasteiger partial charge in [0.25, 0.3) is 0 Å². The molecule has 0 bridgehead atoms. The zero-order valence-corrected chi connectivity index (χ0v) is 45.8. The molecule has 17 nitrogen and oxygen atoms in total. The molecule has 70 heavy (non-hydrogen) atoms. The molecule has 0 aromatic heterocycles. The predicted molar refractivity (Wildman–Crippen MR) is 271 cm³/mol. The Balaban J connectivity index is 5.14. The van der Waals surface area contributed by atoms with Gasteiger partial charge in [0, 0.05) is 25.7 Å². The van der Waals surface area contributed by atoms with E-state index in [1.54, 1.807) is 0 Å². The van der Waals surface area contributed by atoms with Crippen LogP contribution in [0.15, 0.2) is 0 Å². The molecule has 0 radical (unpaired) electrons. The Bertz CT molecular complexity index is 1390. The fourth-order valence-electron chi connectivity index (χ4n) is 7.34. The number of hydrogen-bond donors (Lipinski definition) is 3. The molecule has 5 atom stereocenters. The number of carbonyl (C=O) groups excluding carboxylic acids is 4. The summed E-state index contributed by atoms with van der Waals surface area (Å²) < 4.78 is 67.0. The lowest BCUT2D eigenvalue weighted by molar-refractivity contribution is -0.161. The first-order valence-corrected chi connectivity index (χ1v) is 30.3. The highest BCUT2D eigenvalue weighted by Gasteiger charge is 2.30. The Morgan fingerprint density at radius 3 is 0.843 bits per heavy atom. The molecule has 0 saturated heterocycles. The lowest BCUT2D eigenvalue weighted by Gasteiger charge is -2.21. The Morgan fingerprint density at radius 2 is 0.571 bits per heavy atom. The van der Waals surface area contributed by atoms with E-state index in [9.17, 15) is 43.2 Å². The fraction of sp³-hybridized carbons (Fsp3) is 0.922. The standard InChI is InChI=1S/C51H98O17P2/c1-5-9-13-17-19-21-23-25-29-32-36-49(54)62-42-47(68-51(56)38-34-30-26-24-22-20-18-14-10-6-2)44-66-70(59,60)64-40-45(52)39-63-69(57,58)65-43-46(67-50(55)37-33-28-16-12-8-4)41-61-48(53)35-31-27-15-11-7-3/h45-47,52H,5-44H2,1-4H3,(H,57,58)(H,59,60)/t45-,46+,47+/m0/s1. The summed E-state index contributed by atoms with van der Waals surface area (Å²) in [4.78, 5) is 71.0. The number of phosphoric ester groups is 2. The Kier molecular flexibility index (Phi) is 45.5. The van der Waals surface area contributed by atoms with Crippen LogP contribution in [0.1, 0.15) is 246 Å². The molecule has 19 heteroatoms. The molecule has 2 unspecified atom stereocenters. The number of rotatable bonds is 52. The molecule has 0 spiro atoms. The van der Waals surface area contributed by atoms with E-state index in [1.807, 2.05) is 0 Å². The molecule has 0 amide bonds. The highest BCUT2D eigenvalue weighted by molar-refractivity contribution is 7.47. The van der Waals surface area contributed by atoms with Gasteiger partial charge in [-0.2, -0.15) is 0 Å². The highest BCUT2D eigenvalue weighted by Crippen LogP contribution is 2.45. The smallest absolute Gasteiger partial charge is 0.462 e. The molecule has 0 rings (SSSR count). The third-order valence-corrected chi connectivity index (χ3v) is 13.5. The molecule has 0 aliphatic rings. The van der Waals surface area contributed by atoms with Crippen LogP contribution in [0.25, 0.3) is 0 Å². The molecular formula is C51H98O17P2. The third-order valence-electron chi connectivity index (χ3n) is 11.6. The van der Waals surface area contributed by atoms with Crippen LogP contribution >= 0.6 is 15.6 Å². The van der Waals surface area contributed by atoms with Crippen LogP contribution in [0.4, 0.5) is 0 Å². The minimum atomic E-state index is -4.92. The van der Waals surface area contributed by atoms with Crippen LogP contribution in [-0.4, -0.2) is 96.7 Å². The van der Waals surface area contributed by atoms with Crippen molar-refractivity contribution in [1.29, 1.82) is 0 Å². The average molecular weight is 1050 g/mol. The third kappa shape index (κ3) is 45.9. The number of esters is 4. The lowest BCUT2D eigenvalue weighted by atomic mass is 10.1. The van der Waals surface area contributed by atoms with Gasteiger partial charge in [-0.05, 0) is 25.7 Å². The molecule has 0 aromatic carbocycles. The molecule has 0 aliphatic heterocycles. The molecular weight excluding hydrogens is 946 g/mol. The van der Waals surface area contributed by atoms with Crippen molar-refractivity contribution in [2.45, 2.75) is 264 Å². The predicted octanol–water partition coefficient (Wildman–Crippen LogP) is 12.9. The van der Waals surface area contributed by atoms with Crippen LogP contribution in [0.5, 0.6) is 0 Å². The van der Waals surface area contributed by atoms with Gasteiger partial charge in [-0.3, -0.25) is 37.3 Å². The average Bonchev–Trinajstić information content (AvgIpc) is 3.33. The Hall–Kier alpha value is -1.94. The number of unbranched alkanes of at least 4 members (excludes halogenated alkanes) is 26. The summed E-state index contributed by atoms with van der Waals surface area (Å²) in [5.74, 6) is -2.17. The maximum Gasteiger partial charge on any atom is 0.472 e. The summed E-state index contributed by atoms with van der Waals surface area (Å²) >= 11 is 0. The van der Waals surface area contributed by atoms with E-state index in [-0.39, 0.29) is 25.7 Å². The zero-order chi connectivity index (χ0) is 52.0. The normalized spacial score (nSPS) is 14.6. The summed E-state index contributed by atoms with van der Waals surface area (Å²) in [5, 5.41) is 10.4. The van der Waals surface area contributed by atoms with Crippen LogP contribution in [-0.2, 0) is 65.4 Å². The molecule has 0 saturated carbocycles. The molecule has 0 heterocycles. The fourth-order valence-corrected chi connectivity index (χ4v) is 8.91. The van der Waals surface area contributed by atoms with Crippen molar-refractivity contribution in [3.8, 4) is 0 Å². The van der Waals surface area contributed by atoms with Gasteiger partial charge in [-0.1, -0.05) is 195 Å². The molecule has 0 aliphatic carbocycles. The molecule has 0 aromatic rings. The Labute approximate surface area is 422 Å². The van der Waals surface area contributed by atoms with Crippen molar-refractivity contribution in [3.05, 3.63) is 0 Å². The van der Waals surface area contributed by atoms with E-state index in [4.69, 9.17) is 37.0 Å². The van der Waals surface area contributed by atoms with E-state index >= 15 is 0 Å². The summed E-state index contributed by atoms with van der Waals surface area (Å²) in [6.45, 7) is 4.59. The quantitative estimate of drug-likeness (QED) is 0.0222. The van der Waals surface area contributed by atoms with Gasteiger partial charge in [0.05, 0.1) is 26.4 Å². The second-order valence-electron chi connectivity index (χ2n) is 18.6. The monoisotopic (exact) mass is 1040 g/mol. The van der Waals surface area contributed by atoms with Gasteiger partial charge in [-0.15, -0.1) is 0 Å².